The molecular weight excluding hydrogens is 244 g/mol. The van der Waals surface area contributed by atoms with Crippen LogP contribution >= 0.6 is 11.6 Å². The highest BCUT2D eigenvalue weighted by molar-refractivity contribution is 6.21. The van der Waals surface area contributed by atoms with Crippen molar-refractivity contribution in [2.45, 2.75) is 25.1 Å². The molecule has 3 heteroatoms. The van der Waals surface area contributed by atoms with Crippen LogP contribution in [0.2, 0.25) is 0 Å². The van der Waals surface area contributed by atoms with E-state index in [2.05, 4.69) is 22.4 Å². The zero-order valence-electron chi connectivity index (χ0n) is 10.5. The number of alkyl halides is 1. The third-order valence-corrected chi connectivity index (χ3v) is 3.98. The maximum atomic E-state index is 6.34. The maximum Gasteiger partial charge on any atom is 0.0725 e. The quantitative estimate of drug-likeness (QED) is 0.842. The minimum atomic E-state index is 0.247. The van der Waals surface area contributed by atoms with Crippen molar-refractivity contribution in [3.05, 3.63) is 36.0 Å². The number of benzene rings is 1. The molecule has 0 bridgehead atoms. The molecule has 0 aliphatic heterocycles. The highest BCUT2D eigenvalue weighted by Crippen LogP contribution is 2.36. The first-order valence-electron chi connectivity index (χ1n) is 6.48. The predicted octanol–water partition coefficient (Wildman–Crippen LogP) is 3.97. The topological polar surface area (TPSA) is 24.9 Å². The van der Waals surface area contributed by atoms with Crippen molar-refractivity contribution in [2.24, 2.45) is 5.92 Å². The number of hydrogen-bond acceptors (Lipinski definition) is 2. The van der Waals surface area contributed by atoms with E-state index in [0.29, 0.717) is 5.92 Å². The molecule has 1 aromatic carbocycles. The van der Waals surface area contributed by atoms with Gasteiger partial charge in [0.15, 0.2) is 0 Å². The Labute approximate surface area is 112 Å². The number of fused-ring (bicyclic) bond motifs is 1. The van der Waals surface area contributed by atoms with Crippen LogP contribution in [0.3, 0.4) is 0 Å². The van der Waals surface area contributed by atoms with Crippen LogP contribution in [0.5, 0.6) is 0 Å². The molecular formula is C15H17ClN2. The van der Waals surface area contributed by atoms with E-state index in [4.69, 9.17) is 11.6 Å². The summed E-state index contributed by atoms with van der Waals surface area (Å²) in [6.07, 6.45) is 2.57. The summed E-state index contributed by atoms with van der Waals surface area (Å²) >= 11 is 6.34. The van der Waals surface area contributed by atoms with Gasteiger partial charge in [-0.05, 0) is 37.8 Å². The highest BCUT2D eigenvalue weighted by Gasteiger charge is 2.29. The third kappa shape index (κ3) is 2.44. The molecule has 0 saturated heterocycles. The summed E-state index contributed by atoms with van der Waals surface area (Å²) in [6.45, 7) is 2.86. The Morgan fingerprint density at radius 2 is 2.17 bits per heavy atom. The average Bonchev–Trinajstić information content (AvgIpc) is 3.19. The van der Waals surface area contributed by atoms with E-state index >= 15 is 0 Å². The molecule has 2 aromatic rings. The smallest absolute Gasteiger partial charge is 0.0725 e. The van der Waals surface area contributed by atoms with E-state index in [1.807, 2.05) is 25.1 Å². The summed E-state index contributed by atoms with van der Waals surface area (Å²) in [5.74, 6) is 0.716. The Bertz CT molecular complexity index is 563. The molecule has 0 radical (unpaired) electrons. The minimum absolute atomic E-state index is 0.247. The van der Waals surface area contributed by atoms with Crippen molar-refractivity contribution in [1.29, 1.82) is 0 Å². The van der Waals surface area contributed by atoms with Crippen molar-refractivity contribution in [3.8, 4) is 0 Å². The molecule has 18 heavy (non-hydrogen) atoms. The molecule has 1 unspecified atom stereocenters. The zero-order valence-corrected chi connectivity index (χ0v) is 11.2. The number of nitrogens with zero attached hydrogens (tertiary/aromatic N) is 1. The molecule has 1 atom stereocenters. The minimum Gasteiger partial charge on any atom is -0.383 e. The summed E-state index contributed by atoms with van der Waals surface area (Å²) < 4.78 is 0. The summed E-state index contributed by atoms with van der Waals surface area (Å²) in [5, 5.41) is 4.89. The first-order chi connectivity index (χ1) is 8.74. The fourth-order valence-electron chi connectivity index (χ4n) is 2.29. The lowest BCUT2D eigenvalue weighted by Gasteiger charge is -2.13. The van der Waals surface area contributed by atoms with Crippen molar-refractivity contribution in [1.82, 2.24) is 4.98 Å². The van der Waals surface area contributed by atoms with Gasteiger partial charge < -0.3 is 5.32 Å². The van der Waals surface area contributed by atoms with Crippen molar-refractivity contribution in [2.75, 3.05) is 11.9 Å². The van der Waals surface area contributed by atoms with Crippen LogP contribution < -0.4 is 5.32 Å². The van der Waals surface area contributed by atoms with Gasteiger partial charge in [0.05, 0.1) is 10.9 Å². The Morgan fingerprint density at radius 1 is 1.39 bits per heavy atom. The number of halogens is 1. The van der Waals surface area contributed by atoms with Crippen LogP contribution in [0.1, 0.15) is 18.5 Å². The molecule has 0 spiro atoms. The van der Waals surface area contributed by atoms with Crippen LogP contribution in [0.4, 0.5) is 5.69 Å². The lowest BCUT2D eigenvalue weighted by molar-refractivity contribution is 0.771. The average molecular weight is 261 g/mol. The monoisotopic (exact) mass is 260 g/mol. The molecule has 1 N–H and O–H groups in total. The summed E-state index contributed by atoms with van der Waals surface area (Å²) in [6, 6.07) is 10.3. The van der Waals surface area contributed by atoms with E-state index in [1.165, 1.54) is 18.2 Å². The van der Waals surface area contributed by atoms with E-state index in [0.717, 1.165) is 23.4 Å². The van der Waals surface area contributed by atoms with Crippen LogP contribution in [0, 0.1) is 12.8 Å². The van der Waals surface area contributed by atoms with Gasteiger partial charge in [0.25, 0.3) is 0 Å². The van der Waals surface area contributed by atoms with Crippen molar-refractivity contribution in [3.63, 3.8) is 0 Å². The SMILES string of the molecule is Cc1cc(NCC(Cl)C2CC2)c2ccccc2n1. The zero-order chi connectivity index (χ0) is 12.5. The Kier molecular flexibility index (Phi) is 3.13. The first kappa shape index (κ1) is 11.8. The largest absolute Gasteiger partial charge is 0.383 e. The second kappa shape index (κ2) is 4.77. The number of pyridine rings is 1. The second-order valence-electron chi connectivity index (χ2n) is 5.06. The van der Waals surface area contributed by atoms with Crippen LogP contribution in [-0.2, 0) is 0 Å². The molecule has 1 saturated carbocycles. The molecule has 1 aliphatic rings. The van der Waals surface area contributed by atoms with Crippen molar-refractivity contribution >= 4 is 28.2 Å². The fourth-order valence-corrected chi connectivity index (χ4v) is 2.62. The number of para-hydroxylation sites is 1. The first-order valence-corrected chi connectivity index (χ1v) is 6.92. The van der Waals surface area contributed by atoms with Gasteiger partial charge in [0.1, 0.15) is 0 Å². The van der Waals surface area contributed by atoms with Crippen LogP contribution in [-0.4, -0.2) is 16.9 Å². The molecule has 2 nitrogen and oxygen atoms in total. The number of hydrogen-bond donors (Lipinski definition) is 1. The van der Waals surface area contributed by atoms with E-state index in [1.54, 1.807) is 0 Å². The molecule has 0 amide bonds. The van der Waals surface area contributed by atoms with Gasteiger partial charge in [-0.25, -0.2) is 0 Å². The maximum absolute atomic E-state index is 6.34. The van der Waals surface area contributed by atoms with Crippen LogP contribution in [0.15, 0.2) is 30.3 Å². The van der Waals surface area contributed by atoms with Gasteiger partial charge in [-0.1, -0.05) is 18.2 Å². The van der Waals surface area contributed by atoms with Gasteiger partial charge in [0, 0.05) is 23.3 Å². The molecule has 1 aromatic heterocycles. The Hall–Kier alpha value is -1.28. The van der Waals surface area contributed by atoms with Gasteiger partial charge >= 0.3 is 0 Å². The highest BCUT2D eigenvalue weighted by atomic mass is 35.5. The molecule has 1 aliphatic carbocycles. The lowest BCUT2D eigenvalue weighted by atomic mass is 10.1. The van der Waals surface area contributed by atoms with Crippen molar-refractivity contribution < 1.29 is 0 Å². The van der Waals surface area contributed by atoms with E-state index in [9.17, 15) is 0 Å². The second-order valence-corrected chi connectivity index (χ2v) is 5.62. The number of aromatic nitrogens is 1. The number of rotatable bonds is 4. The Balaban J connectivity index is 1.85. The summed E-state index contributed by atoms with van der Waals surface area (Å²) in [5.41, 5.74) is 3.22. The van der Waals surface area contributed by atoms with Crippen LogP contribution in [0.25, 0.3) is 10.9 Å². The molecule has 1 heterocycles. The predicted molar refractivity (Wildman–Crippen MR) is 77.3 cm³/mol. The standard InChI is InChI=1S/C15H17ClN2/c1-10-8-15(17-9-13(16)11-6-7-11)12-4-2-3-5-14(12)18-10/h2-5,8,11,13H,6-7,9H2,1H3,(H,17,18). The summed E-state index contributed by atoms with van der Waals surface area (Å²) in [7, 11) is 0. The van der Waals surface area contributed by atoms with Gasteiger partial charge in [-0.15, -0.1) is 11.6 Å². The Morgan fingerprint density at radius 3 is 2.94 bits per heavy atom. The fraction of sp³-hybridized carbons (Fsp3) is 0.400. The number of anilines is 1. The number of aryl methyl sites for hydroxylation is 1. The van der Waals surface area contributed by atoms with Gasteiger partial charge in [-0.3, -0.25) is 4.98 Å². The molecule has 94 valence electrons. The number of nitrogens with one attached hydrogen (secondary N) is 1. The van der Waals surface area contributed by atoms with E-state index < -0.39 is 0 Å². The van der Waals surface area contributed by atoms with Gasteiger partial charge in [-0.2, -0.15) is 0 Å². The van der Waals surface area contributed by atoms with Gasteiger partial charge in [0.2, 0.25) is 0 Å². The molecule has 3 rings (SSSR count). The normalized spacial score (nSPS) is 16.8. The molecule has 1 fully saturated rings. The van der Waals surface area contributed by atoms with E-state index in [-0.39, 0.29) is 5.38 Å². The lowest BCUT2D eigenvalue weighted by Crippen LogP contribution is -2.16. The summed E-state index contributed by atoms with van der Waals surface area (Å²) in [4.78, 5) is 4.54. The third-order valence-electron chi connectivity index (χ3n) is 3.47.